The molecule has 0 saturated heterocycles. The summed E-state index contributed by atoms with van der Waals surface area (Å²) in [5.74, 6) is -2.28. The molecule has 9 heteroatoms. The molecule has 58 heavy (non-hydrogen) atoms. The summed E-state index contributed by atoms with van der Waals surface area (Å²) in [6, 6.07) is 0. The van der Waals surface area contributed by atoms with E-state index in [0.29, 0.717) is 17.4 Å². The first kappa shape index (κ1) is 56.3. The van der Waals surface area contributed by atoms with E-state index in [9.17, 15) is 19.5 Å². The van der Waals surface area contributed by atoms with Crippen LogP contribution in [0.15, 0.2) is 0 Å². The van der Waals surface area contributed by atoms with E-state index in [1.54, 1.807) is 0 Å². The average molecular weight is 826 g/mol. The molecule has 0 aromatic rings. The van der Waals surface area contributed by atoms with Crippen molar-refractivity contribution in [2.24, 2.45) is 0 Å². The SMILES string of the molecule is CCCCCCCCCCCCCCCCCCCCCCCCCCCCCC(=O)OC(COC(=O)CCCCCCCC)COC(OCC[N+](C)(C)C)C(=O)[O-]. The van der Waals surface area contributed by atoms with Crippen LogP contribution in [0, 0.1) is 0 Å². The molecule has 0 aliphatic heterocycles. The Morgan fingerprint density at radius 1 is 0.448 bits per heavy atom. The number of carbonyl (C=O) groups excluding carboxylic acids is 3. The maximum atomic E-state index is 12.7. The van der Waals surface area contributed by atoms with Gasteiger partial charge in [-0.2, -0.15) is 0 Å². The highest BCUT2D eigenvalue weighted by Gasteiger charge is 2.22. The molecule has 0 heterocycles. The van der Waals surface area contributed by atoms with Crippen molar-refractivity contribution in [2.45, 2.75) is 251 Å². The van der Waals surface area contributed by atoms with Crippen molar-refractivity contribution in [2.75, 3.05) is 47.5 Å². The smallest absolute Gasteiger partial charge is 0.306 e. The number of carbonyl (C=O) groups is 3. The maximum absolute atomic E-state index is 12.7. The fraction of sp³-hybridized carbons (Fsp3) is 0.939. The molecule has 0 bridgehead atoms. The molecule has 0 rings (SSSR count). The van der Waals surface area contributed by atoms with Gasteiger partial charge >= 0.3 is 11.9 Å². The number of unbranched alkanes of at least 4 members (excludes halogenated alkanes) is 31. The Morgan fingerprint density at radius 2 is 0.776 bits per heavy atom. The summed E-state index contributed by atoms with van der Waals surface area (Å²) in [4.78, 5) is 36.7. The summed E-state index contributed by atoms with van der Waals surface area (Å²) in [6.07, 6.45) is 40.5. The Hall–Kier alpha value is -1.71. The van der Waals surface area contributed by atoms with Crippen LogP contribution in [-0.4, -0.2) is 82.3 Å². The van der Waals surface area contributed by atoms with Gasteiger partial charge in [-0.25, -0.2) is 0 Å². The number of carboxylic acids is 1. The number of ether oxygens (including phenoxy) is 4. The molecular weight excluding hydrogens is 731 g/mol. The fourth-order valence-corrected chi connectivity index (χ4v) is 7.24. The van der Waals surface area contributed by atoms with Crippen LogP contribution in [0.25, 0.3) is 0 Å². The Labute approximate surface area is 358 Å². The minimum atomic E-state index is -1.61. The molecule has 0 aromatic carbocycles. The maximum Gasteiger partial charge on any atom is 0.306 e. The highest BCUT2D eigenvalue weighted by molar-refractivity contribution is 5.70. The molecule has 0 aliphatic carbocycles. The minimum Gasteiger partial charge on any atom is -0.545 e. The number of hydrogen-bond donors (Lipinski definition) is 0. The second-order valence-electron chi connectivity index (χ2n) is 18.1. The molecule has 0 aliphatic rings. The van der Waals surface area contributed by atoms with Crippen LogP contribution in [0.5, 0.6) is 0 Å². The first-order valence-electron chi connectivity index (χ1n) is 24.7. The zero-order valence-corrected chi connectivity index (χ0v) is 38.9. The summed E-state index contributed by atoms with van der Waals surface area (Å²) < 4.78 is 22.5. The van der Waals surface area contributed by atoms with E-state index in [1.807, 2.05) is 21.1 Å². The third-order valence-corrected chi connectivity index (χ3v) is 11.1. The highest BCUT2D eigenvalue weighted by atomic mass is 16.7. The van der Waals surface area contributed by atoms with Crippen LogP contribution < -0.4 is 5.11 Å². The Morgan fingerprint density at radius 3 is 1.10 bits per heavy atom. The largest absolute Gasteiger partial charge is 0.545 e. The number of rotatable bonds is 46. The summed E-state index contributed by atoms with van der Waals surface area (Å²) in [6.45, 7) is 4.71. The average Bonchev–Trinajstić information content (AvgIpc) is 3.18. The van der Waals surface area contributed by atoms with Gasteiger partial charge in [0.1, 0.15) is 13.2 Å². The normalized spacial score (nSPS) is 12.8. The van der Waals surface area contributed by atoms with Crippen LogP contribution in [0.1, 0.15) is 239 Å². The van der Waals surface area contributed by atoms with E-state index in [1.165, 1.54) is 167 Å². The van der Waals surface area contributed by atoms with E-state index in [2.05, 4.69) is 13.8 Å². The predicted molar refractivity (Wildman–Crippen MR) is 237 cm³/mol. The van der Waals surface area contributed by atoms with E-state index in [-0.39, 0.29) is 32.2 Å². The van der Waals surface area contributed by atoms with Gasteiger partial charge in [-0.05, 0) is 12.8 Å². The number of aliphatic carboxylic acids is 1. The van der Waals surface area contributed by atoms with Crippen LogP contribution in [0.3, 0.4) is 0 Å². The second kappa shape index (κ2) is 42.0. The number of esters is 2. The summed E-state index contributed by atoms with van der Waals surface area (Å²) in [5.41, 5.74) is 0. The third kappa shape index (κ3) is 42.4. The van der Waals surface area contributed by atoms with Gasteiger partial charge in [-0.1, -0.05) is 213 Å². The lowest BCUT2D eigenvalue weighted by molar-refractivity contribution is -0.870. The van der Waals surface area contributed by atoms with Crippen molar-refractivity contribution in [1.82, 2.24) is 0 Å². The molecule has 0 fully saturated rings. The predicted octanol–water partition coefficient (Wildman–Crippen LogP) is 12.0. The topological polar surface area (TPSA) is 111 Å². The molecule has 0 amide bonds. The van der Waals surface area contributed by atoms with E-state index >= 15 is 0 Å². The van der Waals surface area contributed by atoms with Crippen molar-refractivity contribution >= 4 is 17.9 Å². The number of hydrogen-bond acceptors (Lipinski definition) is 8. The van der Waals surface area contributed by atoms with Crippen molar-refractivity contribution in [3.05, 3.63) is 0 Å². The van der Waals surface area contributed by atoms with Crippen molar-refractivity contribution in [3.8, 4) is 0 Å². The Kier molecular flexibility index (Phi) is 40.8. The van der Waals surface area contributed by atoms with Gasteiger partial charge in [0.2, 0.25) is 0 Å². The molecular formula is C49H95NO8. The van der Waals surface area contributed by atoms with Gasteiger partial charge in [0.25, 0.3) is 0 Å². The molecule has 2 unspecified atom stereocenters. The van der Waals surface area contributed by atoms with Gasteiger partial charge in [0.15, 0.2) is 12.4 Å². The van der Waals surface area contributed by atoms with Gasteiger partial charge < -0.3 is 33.3 Å². The highest BCUT2D eigenvalue weighted by Crippen LogP contribution is 2.17. The summed E-state index contributed by atoms with van der Waals surface area (Å²) in [5, 5.41) is 11.6. The van der Waals surface area contributed by atoms with Crippen molar-refractivity contribution in [3.63, 3.8) is 0 Å². The molecule has 0 aromatic heterocycles. The van der Waals surface area contributed by atoms with E-state index in [4.69, 9.17) is 18.9 Å². The zero-order valence-electron chi connectivity index (χ0n) is 38.9. The molecule has 344 valence electrons. The van der Waals surface area contributed by atoms with Crippen LogP contribution in [0.2, 0.25) is 0 Å². The molecule has 0 N–H and O–H groups in total. The molecule has 0 saturated carbocycles. The van der Waals surface area contributed by atoms with Crippen molar-refractivity contribution < 1.29 is 42.9 Å². The molecule has 0 radical (unpaired) electrons. The van der Waals surface area contributed by atoms with Gasteiger partial charge in [-0.3, -0.25) is 9.59 Å². The lowest BCUT2D eigenvalue weighted by Crippen LogP contribution is -2.44. The standard InChI is InChI=1S/C49H95NO8/c1-6-8-10-12-14-15-16-17-18-19-20-21-22-23-24-25-26-27-28-29-30-31-32-33-34-36-38-40-47(52)58-45(43-56-46(51)39-37-35-13-11-9-7-2)44-57-49(48(53)54)55-42-41-50(3,4)5/h45,49H,6-44H2,1-5H3. The summed E-state index contributed by atoms with van der Waals surface area (Å²) >= 11 is 0. The number of quaternary nitrogens is 1. The minimum absolute atomic E-state index is 0.152. The summed E-state index contributed by atoms with van der Waals surface area (Å²) in [7, 11) is 5.91. The van der Waals surface area contributed by atoms with E-state index in [0.717, 1.165) is 44.9 Å². The van der Waals surface area contributed by atoms with Gasteiger partial charge in [-0.15, -0.1) is 0 Å². The number of nitrogens with zero attached hydrogens (tertiary/aromatic N) is 1. The Bertz CT molecular complexity index is 923. The molecule has 0 spiro atoms. The van der Waals surface area contributed by atoms with Crippen LogP contribution in [-0.2, 0) is 33.3 Å². The van der Waals surface area contributed by atoms with Crippen LogP contribution in [0.4, 0.5) is 0 Å². The number of carboxylic acid groups (broad SMARTS) is 1. The molecule has 2 atom stereocenters. The quantitative estimate of drug-likeness (QED) is 0.0258. The van der Waals surface area contributed by atoms with Gasteiger partial charge in [0.05, 0.1) is 40.3 Å². The monoisotopic (exact) mass is 826 g/mol. The number of likely N-dealkylation sites (N-methyl/N-ethyl adjacent to an activating group) is 1. The molecule has 9 nitrogen and oxygen atoms in total. The first-order valence-corrected chi connectivity index (χ1v) is 24.7. The first-order chi connectivity index (χ1) is 28.1. The van der Waals surface area contributed by atoms with E-state index < -0.39 is 24.3 Å². The van der Waals surface area contributed by atoms with Gasteiger partial charge in [0, 0.05) is 12.8 Å². The Balaban J connectivity index is 4.01. The zero-order chi connectivity index (χ0) is 42.8. The second-order valence-corrected chi connectivity index (χ2v) is 18.1. The lowest BCUT2D eigenvalue weighted by Gasteiger charge is -2.26. The third-order valence-electron chi connectivity index (χ3n) is 11.1. The van der Waals surface area contributed by atoms with Crippen LogP contribution >= 0.6 is 0 Å². The fourth-order valence-electron chi connectivity index (χ4n) is 7.24. The van der Waals surface area contributed by atoms with Crippen molar-refractivity contribution in [1.29, 1.82) is 0 Å². The lowest BCUT2D eigenvalue weighted by atomic mass is 10.0.